The van der Waals surface area contributed by atoms with E-state index >= 15 is 0 Å². The van der Waals surface area contributed by atoms with Gasteiger partial charge in [0.1, 0.15) is 5.75 Å². The molecular weight excluding hydrogens is 454 g/mol. The van der Waals surface area contributed by atoms with E-state index in [2.05, 4.69) is 0 Å². The Balaban J connectivity index is 2.04. The molecule has 3 aromatic rings. The van der Waals surface area contributed by atoms with E-state index in [0.29, 0.717) is 0 Å². The normalized spacial score (nSPS) is 11.9. The summed E-state index contributed by atoms with van der Waals surface area (Å²) in [6, 6.07) is 14.0. The molecule has 0 spiro atoms. The second kappa shape index (κ2) is 8.71. The van der Waals surface area contributed by atoms with Gasteiger partial charge in [0.05, 0.1) is 26.2 Å². The number of rotatable bonds is 7. The number of benzene rings is 3. The Kier molecular flexibility index (Phi) is 6.38. The predicted octanol–water partition coefficient (Wildman–Crippen LogP) is 3.87. The highest BCUT2D eigenvalue weighted by Crippen LogP contribution is 2.33. The highest BCUT2D eigenvalue weighted by Gasteiger charge is 2.25. The van der Waals surface area contributed by atoms with Crippen molar-refractivity contribution in [2.45, 2.75) is 35.1 Å². The second-order valence-electron chi connectivity index (χ2n) is 7.51. The number of aryl methyl sites for hydroxylation is 2. The minimum absolute atomic E-state index is 0.0113. The lowest BCUT2D eigenvalue weighted by Gasteiger charge is -2.12. The molecule has 168 valence electrons. The number of nitro benzene ring substituents is 1. The van der Waals surface area contributed by atoms with Crippen molar-refractivity contribution in [3.63, 3.8) is 0 Å². The van der Waals surface area contributed by atoms with Crippen LogP contribution in [0.25, 0.3) is 0 Å². The van der Waals surface area contributed by atoms with Gasteiger partial charge in [0, 0.05) is 23.3 Å². The van der Waals surface area contributed by atoms with Crippen LogP contribution in [0, 0.1) is 24.0 Å². The lowest BCUT2D eigenvalue weighted by molar-refractivity contribution is -0.385. The van der Waals surface area contributed by atoms with Gasteiger partial charge in [0.25, 0.3) is 5.69 Å². The topological polar surface area (TPSA) is 132 Å². The van der Waals surface area contributed by atoms with Crippen molar-refractivity contribution in [1.82, 2.24) is 0 Å². The van der Waals surface area contributed by atoms with E-state index in [0.717, 1.165) is 23.3 Å². The standard InChI is InChI=1S/C22H21NO7S2/c1-15-3-7-20(8-4-15)31(27,28)13-17-11-19(23(25)26)12-18(22(17)24)14-32(29,30)21-9-5-16(2)6-10-21/h3-12,24H,13-14H2,1-2H3. The van der Waals surface area contributed by atoms with Crippen molar-refractivity contribution in [2.75, 3.05) is 0 Å². The molecule has 0 aliphatic rings. The Hall–Kier alpha value is -3.24. The summed E-state index contributed by atoms with van der Waals surface area (Å²) in [5.41, 5.74) is 0.713. The Morgan fingerprint density at radius 1 is 0.750 bits per heavy atom. The molecule has 1 N–H and O–H groups in total. The first-order valence-corrected chi connectivity index (χ1v) is 12.8. The van der Waals surface area contributed by atoms with Crippen molar-refractivity contribution in [3.05, 3.63) is 93.0 Å². The van der Waals surface area contributed by atoms with Gasteiger partial charge in [-0.25, -0.2) is 16.8 Å². The fourth-order valence-electron chi connectivity index (χ4n) is 3.13. The summed E-state index contributed by atoms with van der Waals surface area (Å²) in [5, 5.41) is 22.0. The molecule has 0 heterocycles. The van der Waals surface area contributed by atoms with Crippen LogP contribution < -0.4 is 0 Å². The molecule has 8 nitrogen and oxygen atoms in total. The van der Waals surface area contributed by atoms with E-state index in [1.165, 1.54) is 24.3 Å². The van der Waals surface area contributed by atoms with Crippen LogP contribution >= 0.6 is 0 Å². The summed E-state index contributed by atoms with van der Waals surface area (Å²) >= 11 is 0. The minimum atomic E-state index is -3.94. The average molecular weight is 476 g/mol. The first-order valence-electron chi connectivity index (χ1n) is 9.47. The monoisotopic (exact) mass is 475 g/mol. The number of aromatic hydroxyl groups is 1. The maximum Gasteiger partial charge on any atom is 0.270 e. The largest absolute Gasteiger partial charge is 0.507 e. The predicted molar refractivity (Wildman–Crippen MR) is 119 cm³/mol. The number of nitro groups is 1. The van der Waals surface area contributed by atoms with Gasteiger partial charge in [-0.1, -0.05) is 35.4 Å². The van der Waals surface area contributed by atoms with Crippen molar-refractivity contribution in [2.24, 2.45) is 0 Å². The molecule has 0 aliphatic heterocycles. The molecule has 0 radical (unpaired) electrons. The minimum Gasteiger partial charge on any atom is -0.507 e. The van der Waals surface area contributed by atoms with Crippen LogP contribution in [0.15, 0.2) is 70.5 Å². The number of phenolic OH excluding ortho intramolecular Hbond substituents is 1. The van der Waals surface area contributed by atoms with Crippen LogP contribution in [-0.2, 0) is 31.2 Å². The third-order valence-corrected chi connectivity index (χ3v) is 8.28. The van der Waals surface area contributed by atoms with Crippen LogP contribution in [-0.4, -0.2) is 26.9 Å². The maximum atomic E-state index is 12.8. The molecule has 10 heteroatoms. The molecule has 0 amide bonds. The van der Waals surface area contributed by atoms with Gasteiger partial charge in [-0.05, 0) is 38.1 Å². The summed E-state index contributed by atoms with van der Waals surface area (Å²) < 4.78 is 51.2. The quantitative estimate of drug-likeness (QED) is 0.405. The Morgan fingerprint density at radius 2 is 1.09 bits per heavy atom. The highest BCUT2D eigenvalue weighted by atomic mass is 32.2. The van der Waals surface area contributed by atoms with Crippen molar-refractivity contribution >= 4 is 25.4 Å². The molecule has 0 atom stereocenters. The summed E-state index contributed by atoms with van der Waals surface area (Å²) in [7, 11) is -7.89. The zero-order chi connectivity index (χ0) is 23.7. The van der Waals surface area contributed by atoms with Gasteiger partial charge >= 0.3 is 0 Å². The van der Waals surface area contributed by atoms with E-state index in [9.17, 15) is 32.1 Å². The zero-order valence-electron chi connectivity index (χ0n) is 17.3. The smallest absolute Gasteiger partial charge is 0.270 e. The second-order valence-corrected chi connectivity index (χ2v) is 11.5. The van der Waals surface area contributed by atoms with Gasteiger partial charge < -0.3 is 5.11 Å². The number of hydrogen-bond donors (Lipinski definition) is 1. The Morgan fingerprint density at radius 3 is 1.41 bits per heavy atom. The summed E-state index contributed by atoms with van der Waals surface area (Å²) in [6.07, 6.45) is 0. The number of nitrogens with zero attached hydrogens (tertiary/aromatic N) is 1. The fraction of sp³-hybridized carbons (Fsp3) is 0.182. The van der Waals surface area contributed by atoms with E-state index in [1.807, 2.05) is 0 Å². The van der Waals surface area contributed by atoms with Crippen molar-refractivity contribution < 1.29 is 26.9 Å². The van der Waals surface area contributed by atoms with Crippen molar-refractivity contribution in [1.29, 1.82) is 0 Å². The van der Waals surface area contributed by atoms with E-state index in [-0.39, 0.29) is 20.9 Å². The zero-order valence-corrected chi connectivity index (χ0v) is 19.0. The molecular formula is C22H21NO7S2. The number of non-ortho nitro benzene ring substituents is 1. The summed E-state index contributed by atoms with van der Waals surface area (Å²) in [5.74, 6) is -2.04. The van der Waals surface area contributed by atoms with Gasteiger partial charge in [-0.15, -0.1) is 0 Å². The Bertz CT molecular complexity index is 1280. The van der Waals surface area contributed by atoms with Gasteiger partial charge in [-0.3, -0.25) is 10.1 Å². The molecule has 3 aromatic carbocycles. The van der Waals surface area contributed by atoms with E-state index < -0.39 is 47.5 Å². The molecule has 0 aliphatic carbocycles. The molecule has 3 rings (SSSR count). The van der Waals surface area contributed by atoms with Crippen LogP contribution in [0.2, 0.25) is 0 Å². The summed E-state index contributed by atoms with van der Waals surface area (Å²) in [6.45, 7) is 3.59. The van der Waals surface area contributed by atoms with Gasteiger partial charge in [-0.2, -0.15) is 0 Å². The molecule has 0 saturated carbocycles. The van der Waals surface area contributed by atoms with Crippen molar-refractivity contribution in [3.8, 4) is 5.75 Å². The molecule has 0 unspecified atom stereocenters. The third-order valence-electron chi connectivity index (χ3n) is 4.91. The fourth-order valence-corrected chi connectivity index (χ4v) is 5.83. The van der Waals surface area contributed by atoms with Gasteiger partial charge in [0.2, 0.25) is 0 Å². The van der Waals surface area contributed by atoms with Crippen LogP contribution in [0.5, 0.6) is 5.75 Å². The van der Waals surface area contributed by atoms with E-state index in [4.69, 9.17) is 0 Å². The van der Waals surface area contributed by atoms with E-state index in [1.54, 1.807) is 38.1 Å². The number of sulfone groups is 2. The third kappa shape index (κ3) is 5.14. The first kappa shape index (κ1) is 23.4. The van der Waals surface area contributed by atoms with Gasteiger partial charge in [0.15, 0.2) is 19.7 Å². The Labute approximate surface area is 186 Å². The molecule has 32 heavy (non-hydrogen) atoms. The van der Waals surface area contributed by atoms with Crippen LogP contribution in [0.4, 0.5) is 5.69 Å². The molecule has 0 fully saturated rings. The lowest BCUT2D eigenvalue weighted by Crippen LogP contribution is -2.09. The number of phenols is 1. The molecule has 0 bridgehead atoms. The van der Waals surface area contributed by atoms with Crippen LogP contribution in [0.3, 0.4) is 0 Å². The first-order chi connectivity index (χ1) is 14.9. The average Bonchev–Trinajstić information content (AvgIpc) is 2.71. The molecule has 0 saturated heterocycles. The van der Waals surface area contributed by atoms with Crippen LogP contribution in [0.1, 0.15) is 22.3 Å². The SMILES string of the molecule is Cc1ccc(S(=O)(=O)Cc2cc([N+](=O)[O-])cc(CS(=O)(=O)c3ccc(C)cc3)c2O)cc1. The highest BCUT2D eigenvalue weighted by molar-refractivity contribution is 7.91. The lowest BCUT2D eigenvalue weighted by atomic mass is 10.1. The number of hydrogen-bond acceptors (Lipinski definition) is 7. The summed E-state index contributed by atoms with van der Waals surface area (Å²) in [4.78, 5) is 10.6. The maximum absolute atomic E-state index is 12.8. The molecule has 0 aromatic heterocycles.